The van der Waals surface area contributed by atoms with E-state index in [-0.39, 0.29) is 17.3 Å². The smallest absolute Gasteiger partial charge is 0.341 e. The standard InChI is InChI=1S/C20H28N4O6/c1-4-14(3)21-20(27)22-18(25)12-30-19(26)16-11-15(24(28)29)5-6-17(16)23-9-7-13(2)8-10-23/h5-6,11,13-14H,4,7-10,12H2,1-3H3,(H2,21,22,25,27)/t14-/m1/s1. The van der Waals surface area contributed by atoms with Crippen molar-refractivity contribution < 1.29 is 24.0 Å². The molecule has 1 heterocycles. The van der Waals surface area contributed by atoms with Crippen LogP contribution in [-0.4, -0.2) is 48.6 Å². The summed E-state index contributed by atoms with van der Waals surface area (Å²) >= 11 is 0. The zero-order valence-electron chi connectivity index (χ0n) is 17.5. The number of benzene rings is 1. The Morgan fingerprint density at radius 2 is 1.97 bits per heavy atom. The van der Waals surface area contributed by atoms with Gasteiger partial charge in [0.2, 0.25) is 0 Å². The number of carbonyl (C=O) groups excluding carboxylic acids is 3. The molecular weight excluding hydrogens is 392 g/mol. The molecule has 10 nitrogen and oxygen atoms in total. The summed E-state index contributed by atoms with van der Waals surface area (Å²) in [5.74, 6) is -1.08. The van der Waals surface area contributed by atoms with Gasteiger partial charge in [-0.2, -0.15) is 0 Å². The second kappa shape index (κ2) is 10.6. The highest BCUT2D eigenvalue weighted by Crippen LogP contribution is 2.29. The molecule has 0 aliphatic carbocycles. The van der Waals surface area contributed by atoms with Crippen LogP contribution in [0.5, 0.6) is 0 Å². The second-order valence-corrected chi connectivity index (χ2v) is 7.54. The van der Waals surface area contributed by atoms with Gasteiger partial charge in [-0.05, 0) is 38.2 Å². The van der Waals surface area contributed by atoms with E-state index in [1.54, 1.807) is 6.92 Å². The summed E-state index contributed by atoms with van der Waals surface area (Å²) in [5, 5.41) is 15.8. The first-order chi connectivity index (χ1) is 14.2. The van der Waals surface area contributed by atoms with E-state index in [0.717, 1.165) is 32.0 Å². The van der Waals surface area contributed by atoms with Gasteiger partial charge in [-0.1, -0.05) is 13.8 Å². The number of piperidine rings is 1. The monoisotopic (exact) mass is 420 g/mol. The minimum atomic E-state index is -0.857. The maximum Gasteiger partial charge on any atom is 0.341 e. The third-order valence-corrected chi connectivity index (χ3v) is 5.11. The molecule has 0 unspecified atom stereocenters. The molecule has 1 aliphatic rings. The van der Waals surface area contributed by atoms with Crippen LogP contribution in [0.2, 0.25) is 0 Å². The highest BCUT2D eigenvalue weighted by Gasteiger charge is 2.25. The molecule has 1 fully saturated rings. The lowest BCUT2D eigenvalue weighted by Gasteiger charge is -2.33. The van der Waals surface area contributed by atoms with Crippen molar-refractivity contribution in [3.05, 3.63) is 33.9 Å². The first-order valence-electron chi connectivity index (χ1n) is 10.0. The van der Waals surface area contributed by atoms with Gasteiger partial charge in [-0.3, -0.25) is 20.2 Å². The Balaban J connectivity index is 2.07. The minimum absolute atomic E-state index is 0.0237. The van der Waals surface area contributed by atoms with Gasteiger partial charge < -0.3 is 15.0 Å². The zero-order valence-corrected chi connectivity index (χ0v) is 17.5. The molecule has 30 heavy (non-hydrogen) atoms. The van der Waals surface area contributed by atoms with E-state index in [9.17, 15) is 24.5 Å². The van der Waals surface area contributed by atoms with Crippen molar-refractivity contribution >= 4 is 29.3 Å². The zero-order chi connectivity index (χ0) is 22.3. The predicted octanol–water partition coefficient (Wildman–Crippen LogP) is 2.61. The number of amides is 3. The van der Waals surface area contributed by atoms with Crippen LogP contribution in [0.15, 0.2) is 18.2 Å². The quantitative estimate of drug-likeness (QED) is 0.394. The molecule has 1 atom stereocenters. The van der Waals surface area contributed by atoms with E-state index in [1.807, 2.05) is 11.8 Å². The number of ether oxygens (including phenoxy) is 1. The van der Waals surface area contributed by atoms with Gasteiger partial charge in [0.25, 0.3) is 11.6 Å². The summed E-state index contributed by atoms with van der Waals surface area (Å²) in [4.78, 5) is 48.7. The molecule has 1 aliphatic heterocycles. The number of nitro groups is 1. The van der Waals surface area contributed by atoms with Gasteiger partial charge in [0.15, 0.2) is 6.61 Å². The molecule has 0 radical (unpaired) electrons. The molecule has 2 rings (SSSR count). The fraction of sp³-hybridized carbons (Fsp3) is 0.550. The van der Waals surface area contributed by atoms with Crippen molar-refractivity contribution in [2.75, 3.05) is 24.6 Å². The van der Waals surface area contributed by atoms with Crippen molar-refractivity contribution in [1.29, 1.82) is 0 Å². The van der Waals surface area contributed by atoms with E-state index in [2.05, 4.69) is 17.6 Å². The van der Waals surface area contributed by atoms with E-state index >= 15 is 0 Å². The minimum Gasteiger partial charge on any atom is -0.452 e. The summed E-state index contributed by atoms with van der Waals surface area (Å²) in [7, 11) is 0. The van der Waals surface area contributed by atoms with Gasteiger partial charge >= 0.3 is 12.0 Å². The summed E-state index contributed by atoms with van der Waals surface area (Å²) in [6.45, 7) is 6.58. The third-order valence-electron chi connectivity index (χ3n) is 5.11. The Morgan fingerprint density at radius 3 is 2.57 bits per heavy atom. The topological polar surface area (TPSA) is 131 Å². The number of esters is 1. The largest absolute Gasteiger partial charge is 0.452 e. The van der Waals surface area contributed by atoms with Crippen molar-refractivity contribution in [2.45, 2.75) is 46.1 Å². The first-order valence-corrected chi connectivity index (χ1v) is 10.0. The molecule has 0 bridgehead atoms. The number of rotatable bonds is 7. The van der Waals surface area contributed by atoms with Crippen molar-refractivity contribution in [1.82, 2.24) is 10.6 Å². The molecule has 0 saturated carbocycles. The number of urea groups is 1. The number of hydrogen-bond acceptors (Lipinski definition) is 7. The summed E-state index contributed by atoms with van der Waals surface area (Å²) < 4.78 is 5.03. The fourth-order valence-electron chi connectivity index (χ4n) is 3.06. The van der Waals surface area contributed by atoms with Gasteiger partial charge in [-0.25, -0.2) is 9.59 Å². The van der Waals surface area contributed by atoms with Crippen LogP contribution >= 0.6 is 0 Å². The van der Waals surface area contributed by atoms with Crippen LogP contribution in [0.4, 0.5) is 16.2 Å². The van der Waals surface area contributed by atoms with E-state index < -0.39 is 29.4 Å². The Hall–Kier alpha value is -3.17. The van der Waals surface area contributed by atoms with Gasteiger partial charge in [0.05, 0.1) is 16.2 Å². The maximum atomic E-state index is 12.6. The summed E-state index contributed by atoms with van der Waals surface area (Å²) in [5.41, 5.74) is 0.316. The van der Waals surface area contributed by atoms with Gasteiger partial charge in [0.1, 0.15) is 0 Å². The number of nitrogens with one attached hydrogen (secondary N) is 2. The number of nitro benzene ring substituents is 1. The molecule has 2 N–H and O–H groups in total. The van der Waals surface area contributed by atoms with Crippen LogP contribution in [0.25, 0.3) is 0 Å². The van der Waals surface area contributed by atoms with Crippen molar-refractivity contribution in [3.8, 4) is 0 Å². The summed E-state index contributed by atoms with van der Waals surface area (Å²) in [6, 6.07) is 3.24. The Kier molecular flexibility index (Phi) is 8.14. The Morgan fingerprint density at radius 1 is 1.30 bits per heavy atom. The molecule has 10 heteroatoms. The molecule has 0 spiro atoms. The van der Waals surface area contributed by atoms with Crippen LogP contribution in [0, 0.1) is 16.0 Å². The van der Waals surface area contributed by atoms with Crippen molar-refractivity contribution in [2.24, 2.45) is 5.92 Å². The van der Waals surface area contributed by atoms with Crippen LogP contribution in [0.1, 0.15) is 50.4 Å². The van der Waals surface area contributed by atoms with Crippen molar-refractivity contribution in [3.63, 3.8) is 0 Å². The molecule has 164 valence electrons. The molecule has 1 saturated heterocycles. The number of non-ortho nitro benzene ring substituents is 1. The average molecular weight is 420 g/mol. The average Bonchev–Trinajstić information content (AvgIpc) is 2.71. The van der Waals surface area contributed by atoms with Gasteiger partial charge in [-0.15, -0.1) is 0 Å². The van der Waals surface area contributed by atoms with Crippen LogP contribution in [-0.2, 0) is 9.53 Å². The Labute approximate surface area is 175 Å². The third kappa shape index (κ3) is 6.43. The lowest BCUT2D eigenvalue weighted by molar-refractivity contribution is -0.384. The van der Waals surface area contributed by atoms with E-state index in [0.29, 0.717) is 18.0 Å². The van der Waals surface area contributed by atoms with Gasteiger partial charge in [0, 0.05) is 31.3 Å². The lowest BCUT2D eigenvalue weighted by Crippen LogP contribution is -2.44. The normalized spacial score (nSPS) is 15.2. The van der Waals surface area contributed by atoms with E-state index in [1.165, 1.54) is 12.1 Å². The number of hydrogen-bond donors (Lipinski definition) is 2. The molecule has 1 aromatic rings. The number of carbonyl (C=O) groups is 3. The second-order valence-electron chi connectivity index (χ2n) is 7.54. The first kappa shape index (κ1) is 23.1. The van der Waals surface area contributed by atoms with E-state index in [4.69, 9.17) is 4.74 Å². The number of imide groups is 1. The highest BCUT2D eigenvalue weighted by atomic mass is 16.6. The predicted molar refractivity (Wildman–Crippen MR) is 110 cm³/mol. The molecular formula is C20H28N4O6. The molecule has 3 amide bonds. The SMILES string of the molecule is CC[C@@H](C)NC(=O)NC(=O)COC(=O)c1cc([N+](=O)[O-])ccc1N1CCC(C)CC1. The number of nitrogens with zero attached hydrogens (tertiary/aromatic N) is 2. The molecule has 0 aromatic heterocycles. The summed E-state index contributed by atoms with van der Waals surface area (Å²) in [6.07, 6.45) is 2.58. The van der Waals surface area contributed by atoms with Crippen LogP contribution in [0.3, 0.4) is 0 Å². The maximum absolute atomic E-state index is 12.6. The molecule has 1 aromatic carbocycles. The lowest BCUT2D eigenvalue weighted by atomic mass is 9.98. The van der Waals surface area contributed by atoms with Crippen LogP contribution < -0.4 is 15.5 Å². The Bertz CT molecular complexity index is 804. The fourth-order valence-corrected chi connectivity index (χ4v) is 3.06. The number of anilines is 1. The highest BCUT2D eigenvalue weighted by molar-refractivity contribution is 5.99.